The first-order valence-electron chi connectivity index (χ1n) is 14.1. The van der Waals surface area contributed by atoms with Crippen molar-refractivity contribution in [2.24, 2.45) is 5.92 Å². The van der Waals surface area contributed by atoms with Gasteiger partial charge >= 0.3 is 0 Å². The number of rotatable bonds is 8. The zero-order chi connectivity index (χ0) is 25.8. The number of carbonyl (C=O) groups excluding carboxylic acids is 2. The van der Waals surface area contributed by atoms with Crippen molar-refractivity contribution in [1.82, 2.24) is 20.3 Å². The molecule has 0 bridgehead atoms. The molecule has 0 unspecified atom stereocenters. The number of likely N-dealkylation sites (tertiary alicyclic amines) is 1. The Morgan fingerprint density at radius 3 is 2.53 bits per heavy atom. The fourth-order valence-corrected chi connectivity index (χ4v) is 6.39. The lowest BCUT2D eigenvalue weighted by molar-refractivity contribution is -0.166. The largest absolute Gasteiger partial charge is 0.390 e. The van der Waals surface area contributed by atoms with E-state index in [1.807, 2.05) is 41.3 Å². The van der Waals surface area contributed by atoms with Gasteiger partial charge in [-0.25, -0.2) is 0 Å². The van der Waals surface area contributed by atoms with E-state index in [1.54, 1.807) is 0 Å². The van der Waals surface area contributed by atoms with Crippen LogP contribution < -0.4 is 5.32 Å². The molecule has 208 valence electrons. The van der Waals surface area contributed by atoms with E-state index in [-0.39, 0.29) is 30.1 Å². The molecule has 1 aromatic carbocycles. The first kappa shape index (κ1) is 28.6. The molecule has 38 heavy (non-hydrogen) atoms. The Labute approximate surface area is 231 Å². The molecule has 2 atom stereocenters. The summed E-state index contributed by atoms with van der Waals surface area (Å²) in [6.07, 6.45) is 7.28. The molecule has 3 fully saturated rings. The Kier molecular flexibility index (Phi) is 9.50. The number of nitrogens with one attached hydrogen (secondary N) is 1. The van der Waals surface area contributed by atoms with Crippen LogP contribution in [0.1, 0.15) is 70.5 Å². The quantitative estimate of drug-likeness (QED) is 0.517. The average molecular weight is 545 g/mol. The van der Waals surface area contributed by atoms with Crippen LogP contribution in [0.15, 0.2) is 40.9 Å². The fourth-order valence-electron chi connectivity index (χ4n) is 6.39. The minimum absolute atomic E-state index is 0. The second-order valence-corrected chi connectivity index (χ2v) is 11.0. The molecule has 1 saturated carbocycles. The summed E-state index contributed by atoms with van der Waals surface area (Å²) in [5.74, 6) is 0.656. The molecule has 2 aliphatic heterocycles. The maximum atomic E-state index is 13.8. The highest BCUT2D eigenvalue weighted by Gasteiger charge is 2.55. The van der Waals surface area contributed by atoms with Crippen LogP contribution in [0.2, 0.25) is 0 Å². The molecule has 1 aromatic heterocycles. The van der Waals surface area contributed by atoms with Crippen molar-refractivity contribution in [3.8, 4) is 11.3 Å². The van der Waals surface area contributed by atoms with E-state index in [1.165, 1.54) is 6.42 Å². The van der Waals surface area contributed by atoms with Crippen molar-refractivity contribution in [2.45, 2.75) is 88.9 Å². The van der Waals surface area contributed by atoms with E-state index in [9.17, 15) is 14.7 Å². The zero-order valence-corrected chi connectivity index (χ0v) is 23.1. The van der Waals surface area contributed by atoms with Crippen LogP contribution in [0.5, 0.6) is 0 Å². The summed E-state index contributed by atoms with van der Waals surface area (Å²) in [7, 11) is 0. The number of aromatic nitrogens is 1. The van der Waals surface area contributed by atoms with Crippen LogP contribution in [0.3, 0.4) is 0 Å². The van der Waals surface area contributed by atoms with Gasteiger partial charge in [0.1, 0.15) is 17.3 Å². The first-order valence-corrected chi connectivity index (χ1v) is 14.1. The topological polar surface area (TPSA) is 98.9 Å². The van der Waals surface area contributed by atoms with Crippen LogP contribution in [-0.2, 0) is 16.1 Å². The number of benzene rings is 1. The van der Waals surface area contributed by atoms with Crippen LogP contribution >= 0.6 is 12.4 Å². The average Bonchev–Trinajstić information content (AvgIpc) is 3.41. The lowest BCUT2D eigenvalue weighted by atomic mass is 9.78. The number of aliphatic hydroxyl groups excluding tert-OH is 1. The number of amides is 2. The standard InChI is InChI=1S/C29H40N4O4.ClH/c1-2-3-16-33-27(35)25(26(34)22-12-8-5-9-13-22)30-28(36)29(33)14-17-32(18-15-29)20-23-19-24(31-37-23)21-10-6-4-7-11-21;/h4,6-7,10-11,19,22,25-26,34H,2-3,5,8-9,12-18,20H2,1H3,(H,30,36);1H/t25-,26-;/m1./s1. The van der Waals surface area contributed by atoms with Crippen molar-refractivity contribution >= 4 is 24.2 Å². The van der Waals surface area contributed by atoms with Gasteiger partial charge in [0, 0.05) is 31.3 Å². The minimum Gasteiger partial charge on any atom is -0.390 e. The molecule has 1 spiro atoms. The third-order valence-electron chi connectivity index (χ3n) is 8.66. The number of piperazine rings is 1. The Bertz CT molecular complexity index is 1060. The molecule has 2 saturated heterocycles. The van der Waals surface area contributed by atoms with Gasteiger partial charge in [-0.3, -0.25) is 14.5 Å². The van der Waals surface area contributed by atoms with Gasteiger partial charge in [0.05, 0.1) is 12.6 Å². The van der Waals surface area contributed by atoms with Crippen molar-refractivity contribution in [3.05, 3.63) is 42.2 Å². The van der Waals surface area contributed by atoms with Crippen LogP contribution in [0.4, 0.5) is 0 Å². The number of aliphatic hydroxyl groups is 1. The van der Waals surface area contributed by atoms with Crippen LogP contribution in [0.25, 0.3) is 11.3 Å². The molecule has 2 N–H and O–H groups in total. The normalized spacial score (nSPS) is 23.2. The molecule has 8 nitrogen and oxygen atoms in total. The lowest BCUT2D eigenvalue weighted by Crippen LogP contribution is -2.75. The number of unbranched alkanes of at least 4 members (excludes halogenated alkanes) is 1. The van der Waals surface area contributed by atoms with E-state index in [4.69, 9.17) is 4.52 Å². The second kappa shape index (κ2) is 12.6. The Balaban J connectivity index is 0.00000336. The smallest absolute Gasteiger partial charge is 0.248 e. The highest BCUT2D eigenvalue weighted by Crippen LogP contribution is 2.36. The molecule has 3 heterocycles. The Morgan fingerprint density at radius 1 is 1.13 bits per heavy atom. The Hall–Kier alpha value is -2.42. The van der Waals surface area contributed by atoms with Crippen LogP contribution in [0, 0.1) is 5.92 Å². The maximum absolute atomic E-state index is 13.8. The molecule has 2 amide bonds. The van der Waals surface area contributed by atoms with Gasteiger partial charge in [-0.05, 0) is 38.0 Å². The summed E-state index contributed by atoms with van der Waals surface area (Å²) in [5.41, 5.74) is 0.987. The molecular formula is C29H41ClN4O4. The van der Waals surface area contributed by atoms with E-state index in [0.29, 0.717) is 39.0 Å². The summed E-state index contributed by atoms with van der Waals surface area (Å²) in [6, 6.07) is 11.1. The summed E-state index contributed by atoms with van der Waals surface area (Å²) < 4.78 is 5.61. The number of piperidine rings is 1. The third-order valence-corrected chi connectivity index (χ3v) is 8.66. The minimum atomic E-state index is -0.845. The van der Waals surface area contributed by atoms with Gasteiger partial charge in [-0.2, -0.15) is 0 Å². The lowest BCUT2D eigenvalue weighted by Gasteiger charge is -2.52. The number of hydrogen-bond donors (Lipinski definition) is 2. The van der Waals surface area contributed by atoms with Crippen molar-refractivity contribution in [1.29, 1.82) is 0 Å². The van der Waals surface area contributed by atoms with Gasteiger partial charge in [-0.1, -0.05) is 68.1 Å². The predicted octanol–water partition coefficient (Wildman–Crippen LogP) is 4.17. The van der Waals surface area contributed by atoms with Gasteiger partial charge < -0.3 is 19.8 Å². The molecule has 5 rings (SSSR count). The number of nitrogens with zero attached hydrogens (tertiary/aromatic N) is 3. The van der Waals surface area contributed by atoms with Crippen molar-refractivity contribution in [2.75, 3.05) is 19.6 Å². The van der Waals surface area contributed by atoms with E-state index < -0.39 is 17.7 Å². The maximum Gasteiger partial charge on any atom is 0.248 e. The second-order valence-electron chi connectivity index (χ2n) is 11.0. The van der Waals surface area contributed by atoms with Gasteiger partial charge in [-0.15, -0.1) is 12.4 Å². The number of hydrogen-bond acceptors (Lipinski definition) is 6. The van der Waals surface area contributed by atoms with Crippen LogP contribution in [-0.4, -0.2) is 69.2 Å². The van der Waals surface area contributed by atoms with Gasteiger partial charge in [0.25, 0.3) is 0 Å². The molecule has 3 aliphatic rings. The molecule has 2 aromatic rings. The molecule has 9 heteroatoms. The zero-order valence-electron chi connectivity index (χ0n) is 22.3. The van der Waals surface area contributed by atoms with Crippen molar-refractivity contribution in [3.63, 3.8) is 0 Å². The molecule has 1 aliphatic carbocycles. The highest BCUT2D eigenvalue weighted by molar-refractivity contribution is 6.00. The van der Waals surface area contributed by atoms with Crippen molar-refractivity contribution < 1.29 is 19.2 Å². The van der Waals surface area contributed by atoms with Gasteiger partial charge in [0.15, 0.2) is 5.76 Å². The number of carbonyl (C=O) groups is 2. The summed E-state index contributed by atoms with van der Waals surface area (Å²) in [5, 5.41) is 18.3. The first-order chi connectivity index (χ1) is 18.0. The molecular weight excluding hydrogens is 504 g/mol. The summed E-state index contributed by atoms with van der Waals surface area (Å²) in [6.45, 7) is 4.63. The number of halogens is 1. The fraction of sp³-hybridized carbons (Fsp3) is 0.621. The van der Waals surface area contributed by atoms with E-state index in [2.05, 4.69) is 22.3 Å². The van der Waals surface area contributed by atoms with Gasteiger partial charge in [0.2, 0.25) is 11.8 Å². The monoisotopic (exact) mass is 544 g/mol. The predicted molar refractivity (Wildman–Crippen MR) is 148 cm³/mol. The Morgan fingerprint density at radius 2 is 1.84 bits per heavy atom. The molecule has 0 radical (unpaired) electrons. The summed E-state index contributed by atoms with van der Waals surface area (Å²) >= 11 is 0. The van der Waals surface area contributed by atoms with E-state index in [0.717, 1.165) is 55.5 Å². The third kappa shape index (κ3) is 5.77. The highest BCUT2D eigenvalue weighted by atomic mass is 35.5. The summed E-state index contributed by atoms with van der Waals surface area (Å²) in [4.78, 5) is 31.5. The van der Waals surface area contributed by atoms with E-state index >= 15 is 0 Å². The SMILES string of the molecule is CCCCN1C(=O)[C@@H]([C@H](O)C2CCCCC2)NC(=O)C12CCN(Cc1cc(-c3ccccc3)no1)CC2.Cl.